The number of halogens is 1. The molecule has 1 aliphatic rings. The van der Waals surface area contributed by atoms with Crippen LogP contribution in [0.25, 0.3) is 0 Å². The van der Waals surface area contributed by atoms with E-state index < -0.39 is 0 Å². The number of benzene rings is 1. The number of anilines is 1. The number of Topliss-reactive ketones (excluding diaryl/α,β-unsaturated/α-hetero) is 1. The molecule has 0 saturated carbocycles. The van der Waals surface area contributed by atoms with E-state index in [2.05, 4.69) is 21.2 Å². The lowest BCUT2D eigenvalue weighted by Crippen LogP contribution is -2.31. The molecule has 2 rings (SSSR count). The van der Waals surface area contributed by atoms with Crippen LogP contribution in [-0.2, 0) is 0 Å². The number of rotatable bonds is 2. The maximum atomic E-state index is 12.1. The summed E-state index contributed by atoms with van der Waals surface area (Å²) in [6.07, 6.45) is 1.97. The molecule has 1 aliphatic heterocycles. The number of para-hydroxylation sites is 1. The SMILES string of the molecule is Nc1c(Br)cccc1C(=O)C1CCCN1. The molecule has 0 bridgehead atoms. The maximum absolute atomic E-state index is 12.1. The number of hydrogen-bond donors (Lipinski definition) is 2. The summed E-state index contributed by atoms with van der Waals surface area (Å²) in [5, 5.41) is 3.18. The zero-order valence-corrected chi connectivity index (χ0v) is 9.88. The van der Waals surface area contributed by atoms with E-state index in [1.54, 1.807) is 6.07 Å². The third-order valence-corrected chi connectivity index (χ3v) is 3.39. The lowest BCUT2D eigenvalue weighted by Gasteiger charge is -2.11. The number of ketones is 1. The fourth-order valence-corrected chi connectivity index (χ4v) is 2.21. The minimum atomic E-state index is -0.0541. The first-order chi connectivity index (χ1) is 7.20. The highest BCUT2D eigenvalue weighted by molar-refractivity contribution is 9.10. The molecule has 1 aromatic rings. The van der Waals surface area contributed by atoms with Gasteiger partial charge in [0.05, 0.1) is 11.7 Å². The summed E-state index contributed by atoms with van der Waals surface area (Å²) in [5.74, 6) is 0.103. The monoisotopic (exact) mass is 268 g/mol. The number of carbonyl (C=O) groups is 1. The van der Waals surface area contributed by atoms with E-state index in [1.165, 1.54) is 0 Å². The summed E-state index contributed by atoms with van der Waals surface area (Å²) in [6, 6.07) is 5.40. The zero-order chi connectivity index (χ0) is 10.8. The van der Waals surface area contributed by atoms with Crippen LogP contribution in [0.3, 0.4) is 0 Å². The molecular weight excluding hydrogens is 256 g/mol. The van der Waals surface area contributed by atoms with Gasteiger partial charge in [-0.15, -0.1) is 0 Å². The molecule has 3 N–H and O–H groups in total. The Morgan fingerprint density at radius 1 is 1.53 bits per heavy atom. The number of nitrogens with one attached hydrogen (secondary N) is 1. The first-order valence-corrected chi connectivity index (χ1v) is 5.81. The zero-order valence-electron chi connectivity index (χ0n) is 8.29. The second-order valence-corrected chi connectivity index (χ2v) is 4.57. The van der Waals surface area contributed by atoms with Gasteiger partial charge in [0, 0.05) is 10.0 Å². The topological polar surface area (TPSA) is 55.1 Å². The van der Waals surface area contributed by atoms with Gasteiger partial charge in [0.2, 0.25) is 0 Å². The van der Waals surface area contributed by atoms with Crippen LogP contribution in [0.15, 0.2) is 22.7 Å². The molecule has 1 aromatic carbocycles. The van der Waals surface area contributed by atoms with E-state index in [0.717, 1.165) is 23.9 Å². The van der Waals surface area contributed by atoms with Crippen molar-refractivity contribution in [2.24, 2.45) is 0 Å². The highest BCUT2D eigenvalue weighted by Gasteiger charge is 2.24. The van der Waals surface area contributed by atoms with Gasteiger partial charge in [-0.05, 0) is 47.4 Å². The molecule has 4 heteroatoms. The highest BCUT2D eigenvalue weighted by atomic mass is 79.9. The number of nitrogens with two attached hydrogens (primary N) is 1. The molecule has 0 spiro atoms. The summed E-state index contributed by atoms with van der Waals surface area (Å²) in [5.41, 5.74) is 7.01. The Morgan fingerprint density at radius 2 is 2.33 bits per heavy atom. The van der Waals surface area contributed by atoms with Crippen molar-refractivity contribution in [1.82, 2.24) is 5.32 Å². The lowest BCUT2D eigenvalue weighted by molar-refractivity contribution is 0.0953. The molecule has 1 atom stereocenters. The van der Waals surface area contributed by atoms with Crippen LogP contribution in [-0.4, -0.2) is 18.4 Å². The van der Waals surface area contributed by atoms with Gasteiger partial charge in [-0.1, -0.05) is 6.07 Å². The van der Waals surface area contributed by atoms with E-state index >= 15 is 0 Å². The van der Waals surface area contributed by atoms with E-state index in [-0.39, 0.29) is 11.8 Å². The van der Waals surface area contributed by atoms with Crippen LogP contribution in [0.1, 0.15) is 23.2 Å². The minimum absolute atomic E-state index is 0.0541. The third-order valence-electron chi connectivity index (χ3n) is 2.70. The highest BCUT2D eigenvalue weighted by Crippen LogP contribution is 2.25. The summed E-state index contributed by atoms with van der Waals surface area (Å²) in [7, 11) is 0. The largest absolute Gasteiger partial charge is 0.397 e. The molecule has 0 amide bonds. The Labute approximate surface area is 97.2 Å². The van der Waals surface area contributed by atoms with Crippen LogP contribution < -0.4 is 11.1 Å². The van der Waals surface area contributed by atoms with Crippen molar-refractivity contribution in [3.05, 3.63) is 28.2 Å². The molecule has 1 fully saturated rings. The van der Waals surface area contributed by atoms with Crippen LogP contribution >= 0.6 is 15.9 Å². The Hall–Kier alpha value is -0.870. The predicted molar refractivity (Wildman–Crippen MR) is 63.9 cm³/mol. The van der Waals surface area contributed by atoms with E-state index in [4.69, 9.17) is 5.73 Å². The van der Waals surface area contributed by atoms with E-state index in [0.29, 0.717) is 11.3 Å². The van der Waals surface area contributed by atoms with Crippen molar-refractivity contribution >= 4 is 27.4 Å². The average molecular weight is 269 g/mol. The number of nitrogen functional groups attached to an aromatic ring is 1. The number of hydrogen-bond acceptors (Lipinski definition) is 3. The first-order valence-electron chi connectivity index (χ1n) is 5.01. The second-order valence-electron chi connectivity index (χ2n) is 3.71. The Bertz CT molecular complexity index is 386. The first kappa shape index (κ1) is 10.6. The van der Waals surface area contributed by atoms with Crippen LogP contribution in [0, 0.1) is 0 Å². The van der Waals surface area contributed by atoms with E-state index in [9.17, 15) is 4.79 Å². The summed E-state index contributed by atoms with van der Waals surface area (Å²) < 4.78 is 0.784. The van der Waals surface area contributed by atoms with Gasteiger partial charge in [0.1, 0.15) is 0 Å². The van der Waals surface area contributed by atoms with Crippen molar-refractivity contribution in [2.45, 2.75) is 18.9 Å². The Morgan fingerprint density at radius 3 is 3.00 bits per heavy atom. The standard InChI is InChI=1S/C11H13BrN2O/c12-8-4-1-3-7(10(8)13)11(15)9-5-2-6-14-9/h1,3-4,9,14H,2,5-6,13H2. The van der Waals surface area contributed by atoms with Gasteiger partial charge in [-0.25, -0.2) is 0 Å². The van der Waals surface area contributed by atoms with Crippen molar-refractivity contribution < 1.29 is 4.79 Å². The smallest absolute Gasteiger partial charge is 0.181 e. The van der Waals surface area contributed by atoms with Crippen molar-refractivity contribution in [3.8, 4) is 0 Å². The van der Waals surface area contributed by atoms with Gasteiger partial charge < -0.3 is 11.1 Å². The van der Waals surface area contributed by atoms with Crippen molar-refractivity contribution in [2.75, 3.05) is 12.3 Å². The molecule has 15 heavy (non-hydrogen) atoms. The molecule has 0 radical (unpaired) electrons. The van der Waals surface area contributed by atoms with Crippen molar-refractivity contribution in [3.63, 3.8) is 0 Å². The molecule has 0 aliphatic carbocycles. The lowest BCUT2D eigenvalue weighted by atomic mass is 10.0. The van der Waals surface area contributed by atoms with Gasteiger partial charge in [-0.3, -0.25) is 4.79 Å². The van der Waals surface area contributed by atoms with Crippen LogP contribution in [0.2, 0.25) is 0 Å². The number of carbonyl (C=O) groups excluding carboxylic acids is 1. The van der Waals surface area contributed by atoms with Crippen molar-refractivity contribution in [1.29, 1.82) is 0 Å². The van der Waals surface area contributed by atoms with Gasteiger partial charge in [0.15, 0.2) is 5.78 Å². The summed E-state index contributed by atoms with van der Waals surface area (Å²) in [6.45, 7) is 0.921. The molecule has 1 unspecified atom stereocenters. The molecule has 0 aromatic heterocycles. The molecule has 1 heterocycles. The molecule has 3 nitrogen and oxygen atoms in total. The fraction of sp³-hybridized carbons (Fsp3) is 0.364. The quantitative estimate of drug-likeness (QED) is 0.637. The Kier molecular flexibility index (Phi) is 3.07. The minimum Gasteiger partial charge on any atom is -0.397 e. The Balaban J connectivity index is 2.28. The van der Waals surface area contributed by atoms with E-state index in [1.807, 2.05) is 12.1 Å². The molecule has 80 valence electrons. The van der Waals surface area contributed by atoms with Crippen LogP contribution in [0.4, 0.5) is 5.69 Å². The normalized spacial score (nSPS) is 20.5. The molecular formula is C11H13BrN2O. The molecule has 1 saturated heterocycles. The fourth-order valence-electron chi connectivity index (χ4n) is 1.85. The predicted octanol–water partition coefficient (Wildman–Crippen LogP) is 1.97. The van der Waals surface area contributed by atoms with Crippen LogP contribution in [0.5, 0.6) is 0 Å². The third kappa shape index (κ3) is 2.06. The maximum Gasteiger partial charge on any atom is 0.181 e. The summed E-state index contributed by atoms with van der Waals surface area (Å²) >= 11 is 3.33. The average Bonchev–Trinajstić information content (AvgIpc) is 2.74. The van der Waals surface area contributed by atoms with Gasteiger partial charge >= 0.3 is 0 Å². The van der Waals surface area contributed by atoms with Gasteiger partial charge in [0.25, 0.3) is 0 Å². The summed E-state index contributed by atoms with van der Waals surface area (Å²) in [4.78, 5) is 12.1. The second kappa shape index (κ2) is 4.33. The van der Waals surface area contributed by atoms with Gasteiger partial charge in [-0.2, -0.15) is 0 Å².